The molecule has 3 N–H and O–H groups in total. The third-order valence-corrected chi connectivity index (χ3v) is 7.62. The fraction of sp³-hybridized carbons (Fsp3) is 0.259. The second kappa shape index (κ2) is 10.8. The zero-order chi connectivity index (χ0) is 26.0. The van der Waals surface area contributed by atoms with Gasteiger partial charge in [-0.25, -0.2) is 0 Å². The second-order valence-electron chi connectivity index (χ2n) is 8.93. The average molecular weight is 526 g/mol. The normalized spacial score (nSPS) is 12.3. The minimum atomic E-state index is -0.765. The largest absolute Gasteiger partial charge is 0.508 e. The number of carbonyl (C=O) groups is 1. The molecule has 0 bridgehead atoms. The Labute approximate surface area is 218 Å². The summed E-state index contributed by atoms with van der Waals surface area (Å²) in [6.45, 7) is 3.13. The number of aliphatic hydroxyl groups excluding tert-OH is 1. The number of carbonyl (C=O) groups excluding carboxylic acids is 1. The molecule has 7 nitrogen and oxygen atoms in total. The fourth-order valence-corrected chi connectivity index (χ4v) is 5.71. The summed E-state index contributed by atoms with van der Waals surface area (Å²) in [7, 11) is 3.72. The molecule has 0 saturated carbocycles. The van der Waals surface area contributed by atoms with E-state index in [1.165, 1.54) is 11.3 Å². The van der Waals surface area contributed by atoms with E-state index < -0.39 is 12.0 Å². The molecule has 2 aromatic carbocycles. The Bertz CT molecular complexity index is 1460. The zero-order valence-corrected chi connectivity index (χ0v) is 21.9. The average Bonchev–Trinajstić information content (AvgIpc) is 3.17. The lowest BCUT2D eigenvalue weighted by molar-refractivity contribution is 0.0949. The highest BCUT2D eigenvalue weighted by molar-refractivity contribution is 7.19. The van der Waals surface area contributed by atoms with Gasteiger partial charge in [0.15, 0.2) is 0 Å². The summed E-state index contributed by atoms with van der Waals surface area (Å²) in [6.07, 6.45) is 0.819. The Morgan fingerprint density at radius 2 is 1.94 bits per heavy atom. The van der Waals surface area contributed by atoms with Crippen LogP contribution in [0.1, 0.15) is 38.0 Å². The van der Waals surface area contributed by atoms with E-state index in [-0.39, 0.29) is 23.3 Å². The minimum Gasteiger partial charge on any atom is -0.508 e. The van der Waals surface area contributed by atoms with Crippen molar-refractivity contribution in [2.24, 2.45) is 7.05 Å². The number of halogens is 1. The van der Waals surface area contributed by atoms with Crippen molar-refractivity contribution in [1.82, 2.24) is 14.8 Å². The van der Waals surface area contributed by atoms with Crippen molar-refractivity contribution in [3.05, 3.63) is 97.1 Å². The fourth-order valence-electron chi connectivity index (χ4n) is 4.20. The van der Waals surface area contributed by atoms with E-state index in [0.717, 1.165) is 21.5 Å². The number of hydrogen-bond acceptors (Lipinski definition) is 6. The number of fused-ring (bicyclic) bond motifs is 1. The number of thiophene rings is 1. The monoisotopic (exact) mass is 525 g/mol. The van der Waals surface area contributed by atoms with E-state index in [0.29, 0.717) is 28.4 Å². The van der Waals surface area contributed by atoms with Crippen molar-refractivity contribution < 1.29 is 15.0 Å². The quantitative estimate of drug-likeness (QED) is 0.318. The van der Waals surface area contributed by atoms with Gasteiger partial charge in [0.1, 0.15) is 11.3 Å². The smallest absolute Gasteiger partial charge is 0.257 e. The highest BCUT2D eigenvalue weighted by Crippen LogP contribution is 2.30. The number of nitrogens with zero attached hydrogens (tertiary/aromatic N) is 2. The van der Waals surface area contributed by atoms with Gasteiger partial charge in [0.25, 0.3) is 5.91 Å². The lowest BCUT2D eigenvalue weighted by atomic mass is 10.1. The molecule has 0 aliphatic heterocycles. The molecule has 9 heteroatoms. The summed E-state index contributed by atoms with van der Waals surface area (Å²) >= 11 is 7.29. The number of aromatic hydroxyl groups is 1. The number of phenolic OH excluding ortho intramolecular Hbond substituents is 1. The summed E-state index contributed by atoms with van der Waals surface area (Å²) in [6, 6.07) is 13.7. The van der Waals surface area contributed by atoms with Crippen LogP contribution in [0.3, 0.4) is 0 Å². The number of pyridine rings is 1. The van der Waals surface area contributed by atoms with Gasteiger partial charge in [-0.3, -0.25) is 14.5 Å². The van der Waals surface area contributed by atoms with Gasteiger partial charge in [0.2, 0.25) is 5.43 Å². The molecular formula is C27H28ClN3O4S. The maximum Gasteiger partial charge on any atom is 0.257 e. The lowest BCUT2D eigenvalue weighted by Crippen LogP contribution is -2.29. The molecular weight excluding hydrogens is 498 g/mol. The van der Waals surface area contributed by atoms with Crippen LogP contribution in [0.15, 0.2) is 59.5 Å². The third kappa shape index (κ3) is 5.63. The van der Waals surface area contributed by atoms with Crippen molar-refractivity contribution in [3.63, 3.8) is 0 Å². The van der Waals surface area contributed by atoms with E-state index in [1.54, 1.807) is 42.6 Å². The molecule has 0 fully saturated rings. The Balaban J connectivity index is 1.52. The van der Waals surface area contributed by atoms with Crippen LogP contribution in [0.2, 0.25) is 5.02 Å². The molecule has 0 radical (unpaired) electrons. The topological polar surface area (TPSA) is 94.8 Å². The lowest BCUT2D eigenvalue weighted by Gasteiger charge is -2.20. The van der Waals surface area contributed by atoms with Gasteiger partial charge in [0, 0.05) is 42.8 Å². The summed E-state index contributed by atoms with van der Waals surface area (Å²) in [5.74, 6) is -0.315. The highest BCUT2D eigenvalue weighted by atomic mass is 35.5. The standard InChI is InChI=1S/C27H28ClN3O4S/c1-16-23(15-30(2)14-22(33)18-5-4-6-20(32)11-18)36-26-24(16)31(3)13-21(25(26)34)27(35)29-12-17-7-9-19(28)10-8-17/h4-11,13,22,32-33H,12,14-15H2,1-3H3,(H,29,35). The van der Waals surface area contributed by atoms with Crippen LogP contribution in [0.4, 0.5) is 0 Å². The predicted octanol–water partition coefficient (Wildman–Crippen LogP) is 4.36. The number of aliphatic hydroxyl groups is 1. The number of aryl methyl sites for hydroxylation is 2. The van der Waals surface area contributed by atoms with E-state index in [9.17, 15) is 19.8 Å². The molecule has 2 aromatic heterocycles. The molecule has 2 heterocycles. The first kappa shape index (κ1) is 25.9. The maximum absolute atomic E-state index is 13.3. The molecule has 0 aliphatic rings. The van der Waals surface area contributed by atoms with Crippen molar-refractivity contribution in [2.75, 3.05) is 13.6 Å². The van der Waals surface area contributed by atoms with Crippen LogP contribution in [0.25, 0.3) is 10.2 Å². The first-order valence-corrected chi connectivity index (χ1v) is 12.6. The van der Waals surface area contributed by atoms with Gasteiger partial charge in [-0.1, -0.05) is 35.9 Å². The summed E-state index contributed by atoms with van der Waals surface area (Å²) in [4.78, 5) is 29.1. The number of nitrogens with one attached hydrogen (secondary N) is 1. The Kier molecular flexibility index (Phi) is 7.80. The van der Waals surface area contributed by atoms with Crippen molar-refractivity contribution in [2.45, 2.75) is 26.1 Å². The molecule has 36 heavy (non-hydrogen) atoms. The molecule has 1 atom stereocenters. The van der Waals surface area contributed by atoms with Gasteiger partial charge in [-0.15, -0.1) is 11.3 Å². The Hall–Kier alpha value is -3.17. The summed E-state index contributed by atoms with van der Waals surface area (Å²) < 4.78 is 2.36. The van der Waals surface area contributed by atoms with Crippen LogP contribution < -0.4 is 10.7 Å². The molecule has 4 aromatic rings. The number of aromatic nitrogens is 1. The number of rotatable bonds is 8. The molecule has 4 rings (SSSR count). The Morgan fingerprint density at radius 1 is 1.22 bits per heavy atom. The molecule has 188 valence electrons. The molecule has 1 amide bonds. The van der Waals surface area contributed by atoms with Crippen LogP contribution in [0, 0.1) is 6.92 Å². The molecule has 0 saturated heterocycles. The summed E-state index contributed by atoms with van der Waals surface area (Å²) in [5.41, 5.74) is 3.10. The van der Waals surface area contributed by atoms with Crippen LogP contribution in [0.5, 0.6) is 5.75 Å². The zero-order valence-electron chi connectivity index (χ0n) is 20.3. The predicted molar refractivity (Wildman–Crippen MR) is 144 cm³/mol. The second-order valence-corrected chi connectivity index (χ2v) is 10.5. The van der Waals surface area contributed by atoms with Gasteiger partial charge >= 0.3 is 0 Å². The number of likely N-dealkylation sites (N-methyl/N-ethyl adjacent to an activating group) is 1. The number of phenols is 1. The first-order chi connectivity index (χ1) is 17.1. The van der Waals surface area contributed by atoms with Gasteiger partial charge in [-0.2, -0.15) is 0 Å². The van der Waals surface area contributed by atoms with Crippen LogP contribution in [-0.2, 0) is 20.1 Å². The van der Waals surface area contributed by atoms with E-state index in [2.05, 4.69) is 5.32 Å². The Morgan fingerprint density at radius 3 is 2.64 bits per heavy atom. The van der Waals surface area contributed by atoms with E-state index in [1.807, 2.05) is 42.6 Å². The van der Waals surface area contributed by atoms with Gasteiger partial charge in [-0.05, 0) is 54.9 Å². The van der Waals surface area contributed by atoms with Gasteiger partial charge < -0.3 is 20.1 Å². The number of hydrogen-bond donors (Lipinski definition) is 3. The summed E-state index contributed by atoms with van der Waals surface area (Å²) in [5, 5.41) is 23.7. The molecule has 1 unspecified atom stereocenters. The van der Waals surface area contributed by atoms with Crippen LogP contribution >= 0.6 is 22.9 Å². The van der Waals surface area contributed by atoms with E-state index >= 15 is 0 Å². The molecule has 0 spiro atoms. The molecule has 0 aliphatic carbocycles. The van der Waals surface area contributed by atoms with Crippen molar-refractivity contribution >= 4 is 39.1 Å². The van der Waals surface area contributed by atoms with Gasteiger partial charge in [0.05, 0.1) is 16.3 Å². The van der Waals surface area contributed by atoms with Crippen LogP contribution in [-0.4, -0.2) is 39.2 Å². The number of benzene rings is 2. The third-order valence-electron chi connectivity index (χ3n) is 6.10. The maximum atomic E-state index is 13.3. The van der Waals surface area contributed by atoms with Crippen molar-refractivity contribution in [3.8, 4) is 5.75 Å². The SMILES string of the molecule is Cc1c(CN(C)CC(O)c2cccc(O)c2)sc2c(=O)c(C(=O)NCc3ccc(Cl)cc3)cn(C)c12. The van der Waals surface area contributed by atoms with Crippen molar-refractivity contribution in [1.29, 1.82) is 0 Å². The number of amides is 1. The minimum absolute atomic E-state index is 0.0967. The first-order valence-electron chi connectivity index (χ1n) is 11.4. The highest BCUT2D eigenvalue weighted by Gasteiger charge is 2.21. The van der Waals surface area contributed by atoms with E-state index in [4.69, 9.17) is 11.6 Å².